The summed E-state index contributed by atoms with van der Waals surface area (Å²) in [6, 6.07) is 14.4. The molecule has 1 N–H and O–H groups in total. The SMILES string of the molecule is Cc1ccc(N2CCN(C)CC2)cc1C(=O)NC(C)c1cccc(-c2nccs2)c1. The van der Waals surface area contributed by atoms with Crippen LogP contribution in [0.25, 0.3) is 10.6 Å². The number of nitrogens with zero attached hydrogens (tertiary/aromatic N) is 3. The van der Waals surface area contributed by atoms with E-state index >= 15 is 0 Å². The van der Waals surface area contributed by atoms with Gasteiger partial charge in [0.05, 0.1) is 6.04 Å². The molecular weight excluding hydrogens is 392 g/mol. The van der Waals surface area contributed by atoms with E-state index in [9.17, 15) is 4.79 Å². The lowest BCUT2D eigenvalue weighted by molar-refractivity contribution is 0.0939. The summed E-state index contributed by atoms with van der Waals surface area (Å²) in [6.45, 7) is 8.08. The zero-order valence-corrected chi connectivity index (χ0v) is 18.6. The lowest BCUT2D eigenvalue weighted by Gasteiger charge is -2.34. The number of carbonyl (C=O) groups is 1. The van der Waals surface area contributed by atoms with Gasteiger partial charge >= 0.3 is 0 Å². The van der Waals surface area contributed by atoms with Gasteiger partial charge in [-0.15, -0.1) is 11.3 Å². The summed E-state index contributed by atoms with van der Waals surface area (Å²) in [5, 5.41) is 6.15. The van der Waals surface area contributed by atoms with E-state index in [1.54, 1.807) is 11.3 Å². The summed E-state index contributed by atoms with van der Waals surface area (Å²) in [5.41, 5.74) is 5.02. The van der Waals surface area contributed by atoms with Gasteiger partial charge in [-0.25, -0.2) is 4.98 Å². The fourth-order valence-electron chi connectivity index (χ4n) is 3.78. The first-order valence-electron chi connectivity index (χ1n) is 10.4. The third kappa shape index (κ3) is 4.55. The van der Waals surface area contributed by atoms with Gasteiger partial charge in [-0.1, -0.05) is 24.3 Å². The van der Waals surface area contributed by atoms with Crippen molar-refractivity contribution in [1.29, 1.82) is 0 Å². The van der Waals surface area contributed by atoms with Crippen molar-refractivity contribution >= 4 is 22.9 Å². The fraction of sp³-hybridized carbons (Fsp3) is 0.333. The molecule has 1 saturated heterocycles. The molecular formula is C24H28N4OS. The molecule has 4 rings (SSSR count). The molecule has 1 unspecified atom stereocenters. The van der Waals surface area contributed by atoms with Crippen molar-refractivity contribution in [3.05, 3.63) is 70.7 Å². The highest BCUT2D eigenvalue weighted by molar-refractivity contribution is 7.13. The minimum Gasteiger partial charge on any atom is -0.369 e. The van der Waals surface area contributed by atoms with E-state index in [-0.39, 0.29) is 11.9 Å². The molecule has 0 bridgehead atoms. The molecule has 6 heteroatoms. The quantitative estimate of drug-likeness (QED) is 0.666. The van der Waals surface area contributed by atoms with E-state index in [4.69, 9.17) is 0 Å². The molecule has 3 aromatic rings. The van der Waals surface area contributed by atoms with Gasteiger partial charge < -0.3 is 15.1 Å². The van der Waals surface area contributed by atoms with E-state index in [0.717, 1.165) is 59.1 Å². The maximum absolute atomic E-state index is 13.1. The second-order valence-electron chi connectivity index (χ2n) is 7.95. The smallest absolute Gasteiger partial charge is 0.252 e. The number of hydrogen-bond acceptors (Lipinski definition) is 5. The Hall–Kier alpha value is -2.70. The average Bonchev–Trinajstić information content (AvgIpc) is 3.30. The minimum absolute atomic E-state index is 0.0318. The van der Waals surface area contributed by atoms with Gasteiger partial charge in [0.2, 0.25) is 0 Å². The number of amides is 1. The molecule has 1 atom stereocenters. The van der Waals surface area contributed by atoms with E-state index in [0.29, 0.717) is 0 Å². The van der Waals surface area contributed by atoms with Gasteiger partial charge in [0.1, 0.15) is 5.01 Å². The molecule has 1 amide bonds. The van der Waals surface area contributed by atoms with Gasteiger partial charge in [-0.2, -0.15) is 0 Å². The second kappa shape index (κ2) is 8.98. The number of carbonyl (C=O) groups excluding carboxylic acids is 1. The van der Waals surface area contributed by atoms with Crippen LogP contribution in [-0.4, -0.2) is 49.0 Å². The van der Waals surface area contributed by atoms with Gasteiger partial charge in [0, 0.05) is 54.6 Å². The van der Waals surface area contributed by atoms with Crippen molar-refractivity contribution < 1.29 is 4.79 Å². The molecule has 0 aliphatic carbocycles. The van der Waals surface area contributed by atoms with Crippen LogP contribution in [0.1, 0.15) is 34.5 Å². The summed E-state index contributed by atoms with van der Waals surface area (Å²) in [4.78, 5) is 22.2. The van der Waals surface area contributed by atoms with Gasteiger partial charge in [0.25, 0.3) is 5.91 Å². The van der Waals surface area contributed by atoms with Crippen molar-refractivity contribution in [3.8, 4) is 10.6 Å². The predicted octanol–water partition coefficient (Wildman–Crippen LogP) is 4.36. The number of likely N-dealkylation sites (N-methyl/N-ethyl adjacent to an activating group) is 1. The Labute approximate surface area is 182 Å². The summed E-state index contributed by atoms with van der Waals surface area (Å²) in [5.74, 6) is -0.0318. The maximum Gasteiger partial charge on any atom is 0.252 e. The Morgan fingerprint density at radius 2 is 1.93 bits per heavy atom. The summed E-state index contributed by atoms with van der Waals surface area (Å²) in [6.07, 6.45) is 1.81. The van der Waals surface area contributed by atoms with Gasteiger partial charge in [0.15, 0.2) is 0 Å². The van der Waals surface area contributed by atoms with Crippen LogP contribution >= 0.6 is 11.3 Å². The third-order valence-electron chi connectivity index (χ3n) is 5.75. The summed E-state index contributed by atoms with van der Waals surface area (Å²) in [7, 11) is 2.15. The monoisotopic (exact) mass is 420 g/mol. The van der Waals surface area contributed by atoms with Crippen LogP contribution < -0.4 is 10.2 Å². The first-order valence-corrected chi connectivity index (χ1v) is 11.2. The van der Waals surface area contributed by atoms with Crippen LogP contribution in [0.5, 0.6) is 0 Å². The minimum atomic E-state index is -0.0934. The topological polar surface area (TPSA) is 48.5 Å². The summed E-state index contributed by atoms with van der Waals surface area (Å²) < 4.78 is 0. The molecule has 2 aromatic carbocycles. The zero-order chi connectivity index (χ0) is 21.1. The molecule has 0 radical (unpaired) electrons. The molecule has 2 heterocycles. The highest BCUT2D eigenvalue weighted by Crippen LogP contribution is 2.26. The van der Waals surface area contributed by atoms with Crippen molar-refractivity contribution in [3.63, 3.8) is 0 Å². The second-order valence-corrected chi connectivity index (χ2v) is 8.84. The molecule has 1 aliphatic heterocycles. The first-order chi connectivity index (χ1) is 14.5. The van der Waals surface area contributed by atoms with Crippen LogP contribution in [0.15, 0.2) is 54.0 Å². The normalized spacial score (nSPS) is 15.8. The van der Waals surface area contributed by atoms with Crippen LogP contribution in [0.3, 0.4) is 0 Å². The Balaban J connectivity index is 1.49. The molecule has 1 fully saturated rings. The molecule has 5 nitrogen and oxygen atoms in total. The number of nitrogens with one attached hydrogen (secondary N) is 1. The van der Waals surface area contributed by atoms with Crippen LogP contribution in [0, 0.1) is 6.92 Å². The zero-order valence-electron chi connectivity index (χ0n) is 17.8. The number of piperazine rings is 1. The van der Waals surface area contributed by atoms with Crippen LogP contribution in [-0.2, 0) is 0 Å². The lowest BCUT2D eigenvalue weighted by atomic mass is 10.0. The standard InChI is InChI=1S/C24H28N4OS/c1-17-7-8-21(28-12-10-27(3)11-13-28)16-22(17)23(29)26-18(2)19-5-4-6-20(15-19)24-25-9-14-30-24/h4-9,14-16,18H,10-13H2,1-3H3,(H,26,29). The summed E-state index contributed by atoms with van der Waals surface area (Å²) >= 11 is 1.62. The number of benzene rings is 2. The number of aromatic nitrogens is 1. The average molecular weight is 421 g/mol. The maximum atomic E-state index is 13.1. The Kier molecular flexibility index (Phi) is 6.16. The van der Waals surface area contributed by atoms with E-state index < -0.39 is 0 Å². The lowest BCUT2D eigenvalue weighted by Crippen LogP contribution is -2.44. The molecule has 0 spiro atoms. The highest BCUT2D eigenvalue weighted by Gasteiger charge is 2.18. The Bertz CT molecular complexity index is 1010. The number of anilines is 1. The largest absolute Gasteiger partial charge is 0.369 e. The molecule has 1 aliphatic rings. The number of thiazole rings is 1. The molecule has 1 aromatic heterocycles. The van der Waals surface area contributed by atoms with Crippen molar-refractivity contribution in [2.45, 2.75) is 19.9 Å². The van der Waals surface area contributed by atoms with E-state index in [1.807, 2.05) is 37.6 Å². The molecule has 156 valence electrons. The van der Waals surface area contributed by atoms with Crippen molar-refractivity contribution in [2.24, 2.45) is 0 Å². The van der Waals surface area contributed by atoms with Gasteiger partial charge in [-0.05, 0) is 50.2 Å². The van der Waals surface area contributed by atoms with Crippen LogP contribution in [0.4, 0.5) is 5.69 Å². The van der Waals surface area contributed by atoms with Crippen molar-refractivity contribution in [2.75, 3.05) is 38.1 Å². The third-order valence-corrected chi connectivity index (χ3v) is 6.57. The van der Waals surface area contributed by atoms with E-state index in [1.165, 1.54) is 0 Å². The number of rotatable bonds is 5. The predicted molar refractivity (Wildman–Crippen MR) is 124 cm³/mol. The molecule has 30 heavy (non-hydrogen) atoms. The number of aryl methyl sites for hydroxylation is 1. The van der Waals surface area contributed by atoms with Gasteiger partial charge in [-0.3, -0.25) is 4.79 Å². The fourth-order valence-corrected chi connectivity index (χ4v) is 4.42. The van der Waals surface area contributed by atoms with Crippen LogP contribution in [0.2, 0.25) is 0 Å². The van der Waals surface area contributed by atoms with Crippen molar-refractivity contribution in [1.82, 2.24) is 15.2 Å². The number of hydrogen-bond donors (Lipinski definition) is 1. The highest BCUT2D eigenvalue weighted by atomic mass is 32.1. The Morgan fingerprint density at radius 3 is 2.67 bits per heavy atom. The first kappa shape index (κ1) is 20.6. The molecule has 0 saturated carbocycles. The van der Waals surface area contributed by atoms with E-state index in [2.05, 4.69) is 57.5 Å². The Morgan fingerprint density at radius 1 is 1.13 bits per heavy atom.